The first-order valence-corrected chi connectivity index (χ1v) is 13.4. The van der Waals surface area contributed by atoms with Crippen molar-refractivity contribution in [2.24, 2.45) is 0 Å². The molecule has 0 fully saturated rings. The molecule has 0 amide bonds. The maximum Gasteiger partial charge on any atom is 0.0549 e. The second-order valence-electron chi connectivity index (χ2n) is 7.94. The van der Waals surface area contributed by atoms with Crippen molar-refractivity contribution in [3.05, 3.63) is 138 Å². The zero-order valence-electron chi connectivity index (χ0n) is 21.4. The summed E-state index contributed by atoms with van der Waals surface area (Å²) in [5.41, 5.74) is 4.01. The van der Waals surface area contributed by atoms with Gasteiger partial charge in [-0.3, -0.25) is 4.72 Å². The Morgan fingerprint density at radius 3 is 1.74 bits per heavy atom. The fourth-order valence-corrected chi connectivity index (χ4v) is 4.12. The molecule has 0 radical (unpaired) electrons. The molecule has 0 aromatic heterocycles. The Kier molecular flexibility index (Phi) is 15.0. The third-order valence-electron chi connectivity index (χ3n) is 5.22. The van der Waals surface area contributed by atoms with Crippen LogP contribution in [-0.4, -0.2) is 13.1 Å². The lowest BCUT2D eigenvalue weighted by atomic mass is 10.1. The maximum atomic E-state index is 3.63. The van der Waals surface area contributed by atoms with Gasteiger partial charge in [-0.25, -0.2) is 0 Å². The van der Waals surface area contributed by atoms with E-state index in [9.17, 15) is 0 Å². The minimum Gasteiger partial charge on any atom is -0.315 e. The minimum absolute atomic E-state index is 0.272. The Bertz CT molecular complexity index is 963. The third kappa shape index (κ3) is 12.4. The molecule has 0 aliphatic heterocycles. The van der Waals surface area contributed by atoms with Crippen molar-refractivity contribution >= 4 is 11.9 Å². The predicted octanol–water partition coefficient (Wildman–Crippen LogP) is 8.27. The molecular formula is C32H40N2S. The van der Waals surface area contributed by atoms with E-state index in [0.29, 0.717) is 0 Å². The largest absolute Gasteiger partial charge is 0.315 e. The van der Waals surface area contributed by atoms with Crippen LogP contribution in [0.15, 0.2) is 126 Å². The van der Waals surface area contributed by atoms with E-state index in [1.807, 2.05) is 50.2 Å². The van der Waals surface area contributed by atoms with Crippen molar-refractivity contribution in [1.82, 2.24) is 10.0 Å². The minimum atomic E-state index is 0.272. The Balaban J connectivity index is 0.000000463. The highest BCUT2D eigenvalue weighted by atomic mass is 32.2. The summed E-state index contributed by atoms with van der Waals surface area (Å²) in [6.45, 7) is 8.06. The van der Waals surface area contributed by atoms with E-state index in [-0.39, 0.29) is 6.04 Å². The molecule has 0 bridgehead atoms. The summed E-state index contributed by atoms with van der Waals surface area (Å²) in [6.07, 6.45) is 2.27. The molecule has 1 atom stereocenters. The highest BCUT2D eigenvalue weighted by Crippen LogP contribution is 2.21. The van der Waals surface area contributed by atoms with E-state index in [1.54, 1.807) is 11.9 Å². The second-order valence-corrected chi connectivity index (χ2v) is 8.86. The molecule has 2 N–H and O–H groups in total. The molecule has 4 aromatic carbocycles. The number of benzene rings is 4. The van der Waals surface area contributed by atoms with E-state index < -0.39 is 0 Å². The van der Waals surface area contributed by atoms with Crippen LogP contribution in [0.1, 0.15) is 43.0 Å². The number of hydrogen-bond acceptors (Lipinski definition) is 3. The van der Waals surface area contributed by atoms with Crippen LogP contribution in [0, 0.1) is 6.92 Å². The van der Waals surface area contributed by atoms with Crippen LogP contribution < -0.4 is 10.0 Å². The monoisotopic (exact) mass is 484 g/mol. The second kappa shape index (κ2) is 18.5. The van der Waals surface area contributed by atoms with Gasteiger partial charge < -0.3 is 5.32 Å². The molecule has 4 aromatic rings. The topological polar surface area (TPSA) is 24.1 Å². The Morgan fingerprint density at radius 2 is 1.17 bits per heavy atom. The lowest BCUT2D eigenvalue weighted by molar-refractivity contribution is 0.562. The summed E-state index contributed by atoms with van der Waals surface area (Å²) in [7, 11) is 0. The molecule has 0 saturated carbocycles. The van der Waals surface area contributed by atoms with E-state index in [2.05, 4.69) is 102 Å². The molecule has 0 saturated heterocycles. The van der Waals surface area contributed by atoms with Crippen LogP contribution in [-0.2, 0) is 6.42 Å². The summed E-state index contributed by atoms with van der Waals surface area (Å²) in [5.74, 6) is 0. The van der Waals surface area contributed by atoms with Gasteiger partial charge in [0.2, 0.25) is 0 Å². The lowest BCUT2D eigenvalue weighted by Gasteiger charge is -2.19. The summed E-state index contributed by atoms with van der Waals surface area (Å²) in [4.78, 5) is 1.24. The van der Waals surface area contributed by atoms with Crippen molar-refractivity contribution < 1.29 is 0 Å². The summed E-state index contributed by atoms with van der Waals surface area (Å²) in [6, 6.07) is 42.3. The van der Waals surface area contributed by atoms with Gasteiger partial charge in [0.25, 0.3) is 0 Å². The van der Waals surface area contributed by atoms with Gasteiger partial charge in [0.1, 0.15) is 0 Å². The van der Waals surface area contributed by atoms with Gasteiger partial charge in [-0.05, 0) is 61.5 Å². The lowest BCUT2D eigenvalue weighted by Crippen LogP contribution is -2.29. The van der Waals surface area contributed by atoms with Gasteiger partial charge in [-0.15, -0.1) is 0 Å². The van der Waals surface area contributed by atoms with Gasteiger partial charge in [0.15, 0.2) is 0 Å². The van der Waals surface area contributed by atoms with Crippen molar-refractivity contribution in [1.29, 1.82) is 0 Å². The number of rotatable bonds is 10. The maximum absolute atomic E-state index is 3.63. The number of nitrogens with one attached hydrogen (secondary N) is 2. The zero-order chi connectivity index (χ0) is 25.0. The van der Waals surface area contributed by atoms with Gasteiger partial charge >= 0.3 is 0 Å². The molecule has 1 unspecified atom stereocenters. The standard InChI is InChI=1S/C24H28N2S.C6H6.C2H6/c1-20-14-16-23(17-15-20)27-26-24(22-12-6-3-7-13-22)19-25-18-8-11-21-9-4-2-5-10-21;1-2-4-6-5-3-1;1-2/h2-7,9-10,12-17,24-26H,8,11,18-19H2,1H3;1-6H;1-2H3. The van der Waals surface area contributed by atoms with Crippen LogP contribution in [0.3, 0.4) is 0 Å². The molecule has 4 rings (SSSR count). The van der Waals surface area contributed by atoms with Crippen LogP contribution in [0.4, 0.5) is 0 Å². The molecule has 0 heterocycles. The summed E-state index contributed by atoms with van der Waals surface area (Å²) >= 11 is 1.70. The first-order chi connectivity index (χ1) is 17.3. The van der Waals surface area contributed by atoms with Crippen molar-refractivity contribution in [2.75, 3.05) is 13.1 Å². The number of hydrogen-bond donors (Lipinski definition) is 2. The van der Waals surface area contributed by atoms with Crippen molar-refractivity contribution in [3.8, 4) is 0 Å². The summed E-state index contributed by atoms with van der Waals surface area (Å²) in [5, 5.41) is 3.62. The molecule has 0 aliphatic carbocycles. The van der Waals surface area contributed by atoms with Gasteiger partial charge in [-0.1, -0.05) is 129 Å². The molecule has 35 heavy (non-hydrogen) atoms. The predicted molar refractivity (Wildman–Crippen MR) is 155 cm³/mol. The quantitative estimate of drug-likeness (QED) is 0.175. The average Bonchev–Trinajstić information content (AvgIpc) is 2.94. The van der Waals surface area contributed by atoms with Crippen molar-refractivity contribution in [3.63, 3.8) is 0 Å². The fourth-order valence-electron chi connectivity index (χ4n) is 3.35. The highest BCUT2D eigenvalue weighted by Gasteiger charge is 2.11. The first kappa shape index (κ1) is 28.4. The van der Waals surface area contributed by atoms with Crippen LogP contribution >= 0.6 is 11.9 Å². The van der Waals surface area contributed by atoms with E-state index >= 15 is 0 Å². The smallest absolute Gasteiger partial charge is 0.0549 e. The third-order valence-corrected chi connectivity index (χ3v) is 6.13. The van der Waals surface area contributed by atoms with Gasteiger partial charge in [-0.2, -0.15) is 0 Å². The zero-order valence-corrected chi connectivity index (χ0v) is 22.2. The van der Waals surface area contributed by atoms with Crippen molar-refractivity contribution in [2.45, 2.75) is 44.6 Å². The summed E-state index contributed by atoms with van der Waals surface area (Å²) < 4.78 is 3.63. The molecule has 2 nitrogen and oxygen atoms in total. The van der Waals surface area contributed by atoms with Crippen LogP contribution in [0.25, 0.3) is 0 Å². The fraction of sp³-hybridized carbons (Fsp3) is 0.250. The normalized spacial score (nSPS) is 10.8. The highest BCUT2D eigenvalue weighted by molar-refractivity contribution is 7.97. The molecule has 0 aliphatic rings. The Labute approximate surface area is 217 Å². The number of aryl methyl sites for hydroxylation is 2. The first-order valence-electron chi connectivity index (χ1n) is 12.6. The van der Waals surface area contributed by atoms with Crippen LogP contribution in [0.2, 0.25) is 0 Å². The van der Waals surface area contributed by atoms with E-state index in [1.165, 1.54) is 21.6 Å². The Morgan fingerprint density at radius 1 is 0.657 bits per heavy atom. The molecule has 0 spiro atoms. The van der Waals surface area contributed by atoms with Crippen LogP contribution in [0.5, 0.6) is 0 Å². The molecule has 3 heteroatoms. The van der Waals surface area contributed by atoms with Gasteiger partial charge in [0, 0.05) is 11.4 Å². The van der Waals surface area contributed by atoms with Gasteiger partial charge in [0.05, 0.1) is 6.04 Å². The molecule has 184 valence electrons. The SMILES string of the molecule is CC.Cc1ccc(SNC(CNCCCc2ccccc2)c2ccccc2)cc1.c1ccccc1. The Hall–Kier alpha value is -2.85. The van der Waals surface area contributed by atoms with E-state index in [4.69, 9.17) is 0 Å². The van der Waals surface area contributed by atoms with E-state index in [0.717, 1.165) is 25.9 Å². The molecular weight excluding hydrogens is 444 g/mol. The average molecular weight is 485 g/mol.